The van der Waals surface area contributed by atoms with Crippen LogP contribution in [0.1, 0.15) is 36.6 Å². The normalized spacial score (nSPS) is 12.7. The van der Waals surface area contributed by atoms with E-state index in [0.29, 0.717) is 16.5 Å². The second-order valence-corrected chi connectivity index (χ2v) is 6.11. The van der Waals surface area contributed by atoms with Gasteiger partial charge in [0.2, 0.25) is 0 Å². The average Bonchev–Trinajstić information content (AvgIpc) is 2.42. The van der Waals surface area contributed by atoms with E-state index in [2.05, 4.69) is 31.3 Å². The van der Waals surface area contributed by atoms with Gasteiger partial charge >= 0.3 is 0 Å². The fourth-order valence-corrected chi connectivity index (χ4v) is 2.91. The molecule has 2 rings (SSSR count). The summed E-state index contributed by atoms with van der Waals surface area (Å²) in [6.07, 6.45) is 1.01. The zero-order valence-electron chi connectivity index (χ0n) is 12.7. The molecule has 0 aliphatic heterocycles. The number of hydrogen-bond donors (Lipinski definition) is 1. The van der Waals surface area contributed by atoms with Crippen LogP contribution in [-0.2, 0) is 6.42 Å². The van der Waals surface area contributed by atoms with Gasteiger partial charge in [-0.3, -0.25) is 0 Å². The minimum Gasteiger partial charge on any atom is -0.309 e. The third kappa shape index (κ3) is 3.84. The van der Waals surface area contributed by atoms with Gasteiger partial charge in [0.15, 0.2) is 0 Å². The van der Waals surface area contributed by atoms with E-state index >= 15 is 0 Å². The van der Waals surface area contributed by atoms with Gasteiger partial charge in [0.1, 0.15) is 5.82 Å². The zero-order chi connectivity index (χ0) is 15.4. The lowest BCUT2D eigenvalue weighted by molar-refractivity contribution is 0.575. The van der Waals surface area contributed by atoms with Crippen molar-refractivity contribution in [2.24, 2.45) is 5.92 Å². The van der Waals surface area contributed by atoms with Crippen LogP contribution in [0.5, 0.6) is 0 Å². The van der Waals surface area contributed by atoms with Crippen LogP contribution in [0, 0.1) is 11.7 Å². The lowest BCUT2D eigenvalue weighted by Gasteiger charge is -2.20. The molecule has 0 aromatic heterocycles. The van der Waals surface area contributed by atoms with Gasteiger partial charge in [-0.05, 0) is 42.6 Å². The molecule has 0 aliphatic rings. The highest BCUT2D eigenvalue weighted by molar-refractivity contribution is 6.31. The monoisotopic (exact) mass is 305 g/mol. The molecule has 2 aromatic rings. The molecule has 0 radical (unpaired) electrons. The van der Waals surface area contributed by atoms with E-state index in [0.717, 1.165) is 12.0 Å². The SMILES string of the molecule is CNC(c1cccc(CC(C)C)c1)c1c(F)cccc1Cl. The molecule has 1 nitrogen and oxygen atoms in total. The van der Waals surface area contributed by atoms with Gasteiger partial charge < -0.3 is 5.32 Å². The molecule has 1 atom stereocenters. The highest BCUT2D eigenvalue weighted by Gasteiger charge is 2.19. The molecular weight excluding hydrogens is 285 g/mol. The van der Waals surface area contributed by atoms with Gasteiger partial charge in [0.25, 0.3) is 0 Å². The molecule has 0 saturated carbocycles. The Bertz CT molecular complexity index is 590. The first-order chi connectivity index (χ1) is 10.0. The van der Waals surface area contributed by atoms with E-state index in [1.54, 1.807) is 12.1 Å². The van der Waals surface area contributed by atoms with Crippen molar-refractivity contribution in [3.05, 3.63) is 70.0 Å². The topological polar surface area (TPSA) is 12.0 Å². The molecule has 2 aromatic carbocycles. The van der Waals surface area contributed by atoms with Crippen LogP contribution >= 0.6 is 11.6 Å². The lowest BCUT2D eigenvalue weighted by Crippen LogP contribution is -2.19. The zero-order valence-corrected chi connectivity index (χ0v) is 13.4. The molecule has 112 valence electrons. The number of hydrogen-bond acceptors (Lipinski definition) is 1. The third-order valence-electron chi connectivity index (χ3n) is 3.51. The Morgan fingerprint density at radius 1 is 1.14 bits per heavy atom. The van der Waals surface area contributed by atoms with Crippen molar-refractivity contribution < 1.29 is 4.39 Å². The van der Waals surface area contributed by atoms with Crippen LogP contribution in [0.15, 0.2) is 42.5 Å². The minimum absolute atomic E-state index is 0.245. The Balaban J connectivity index is 2.42. The van der Waals surface area contributed by atoms with Crippen LogP contribution in [0.25, 0.3) is 0 Å². The number of halogens is 2. The Labute approximate surface area is 131 Å². The molecule has 1 N–H and O–H groups in total. The molecule has 1 unspecified atom stereocenters. The van der Waals surface area contributed by atoms with Crippen LogP contribution < -0.4 is 5.32 Å². The molecule has 0 aliphatic carbocycles. The van der Waals surface area contributed by atoms with Crippen LogP contribution in [0.3, 0.4) is 0 Å². The van der Waals surface area contributed by atoms with Gasteiger partial charge in [0.05, 0.1) is 6.04 Å². The molecule has 0 spiro atoms. The van der Waals surface area contributed by atoms with Crippen molar-refractivity contribution in [1.29, 1.82) is 0 Å². The van der Waals surface area contributed by atoms with Crippen molar-refractivity contribution >= 4 is 11.6 Å². The van der Waals surface area contributed by atoms with Gasteiger partial charge in [-0.1, -0.05) is 55.8 Å². The Morgan fingerprint density at radius 2 is 1.86 bits per heavy atom. The number of rotatable bonds is 5. The van der Waals surface area contributed by atoms with E-state index in [9.17, 15) is 4.39 Å². The third-order valence-corrected chi connectivity index (χ3v) is 3.83. The van der Waals surface area contributed by atoms with Gasteiger partial charge in [0, 0.05) is 10.6 Å². The maximum absolute atomic E-state index is 14.2. The highest BCUT2D eigenvalue weighted by atomic mass is 35.5. The second-order valence-electron chi connectivity index (χ2n) is 5.70. The van der Waals surface area contributed by atoms with Crippen molar-refractivity contribution in [3.63, 3.8) is 0 Å². The fourth-order valence-electron chi connectivity index (χ4n) is 2.64. The summed E-state index contributed by atoms with van der Waals surface area (Å²) in [6, 6.07) is 12.8. The molecule has 3 heteroatoms. The predicted molar refractivity (Wildman–Crippen MR) is 87.3 cm³/mol. The summed E-state index contributed by atoms with van der Waals surface area (Å²) in [5.74, 6) is 0.307. The highest BCUT2D eigenvalue weighted by Crippen LogP contribution is 2.31. The first-order valence-corrected chi connectivity index (χ1v) is 7.60. The van der Waals surface area contributed by atoms with Crippen molar-refractivity contribution in [2.45, 2.75) is 26.3 Å². The predicted octanol–water partition coefficient (Wildman–Crippen LogP) is 4.99. The van der Waals surface area contributed by atoms with Crippen LogP contribution in [-0.4, -0.2) is 7.05 Å². The lowest BCUT2D eigenvalue weighted by atomic mass is 9.94. The van der Waals surface area contributed by atoms with Crippen LogP contribution in [0.4, 0.5) is 4.39 Å². The van der Waals surface area contributed by atoms with Gasteiger partial charge in [-0.15, -0.1) is 0 Å². The number of nitrogens with one attached hydrogen (secondary N) is 1. The fraction of sp³-hybridized carbons (Fsp3) is 0.333. The summed E-state index contributed by atoms with van der Waals surface area (Å²) < 4.78 is 14.2. The Hall–Kier alpha value is -1.38. The molecule has 0 heterocycles. The van der Waals surface area contributed by atoms with E-state index in [4.69, 9.17) is 11.6 Å². The quantitative estimate of drug-likeness (QED) is 0.821. The summed E-state index contributed by atoms with van der Waals surface area (Å²) in [5, 5.41) is 3.62. The van der Waals surface area contributed by atoms with Crippen molar-refractivity contribution in [1.82, 2.24) is 5.32 Å². The molecule has 21 heavy (non-hydrogen) atoms. The second kappa shape index (κ2) is 7.06. The van der Waals surface area contributed by atoms with Crippen molar-refractivity contribution in [3.8, 4) is 0 Å². The van der Waals surface area contributed by atoms with E-state index < -0.39 is 0 Å². The minimum atomic E-state index is -0.281. The summed E-state index contributed by atoms with van der Waals surface area (Å²) in [6.45, 7) is 4.38. The molecule has 0 amide bonds. The molecule has 0 bridgehead atoms. The number of benzene rings is 2. The largest absolute Gasteiger partial charge is 0.309 e. The maximum Gasteiger partial charge on any atom is 0.129 e. The summed E-state index contributed by atoms with van der Waals surface area (Å²) in [7, 11) is 1.82. The Kier molecular flexibility index (Phi) is 5.38. The molecule has 0 fully saturated rings. The van der Waals surface area contributed by atoms with Gasteiger partial charge in [-0.25, -0.2) is 4.39 Å². The molecule has 0 saturated heterocycles. The standard InChI is InChI=1S/C18H21ClFN/c1-12(2)10-13-6-4-7-14(11-13)18(21-3)17-15(19)8-5-9-16(17)20/h4-9,11-12,18,21H,10H2,1-3H3. The van der Waals surface area contributed by atoms with E-state index in [1.807, 2.05) is 19.2 Å². The van der Waals surface area contributed by atoms with Crippen molar-refractivity contribution in [2.75, 3.05) is 7.05 Å². The first kappa shape index (κ1) is 16.0. The van der Waals surface area contributed by atoms with Crippen LogP contribution in [0.2, 0.25) is 5.02 Å². The smallest absolute Gasteiger partial charge is 0.129 e. The maximum atomic E-state index is 14.2. The van der Waals surface area contributed by atoms with E-state index in [-0.39, 0.29) is 11.9 Å². The average molecular weight is 306 g/mol. The van der Waals surface area contributed by atoms with E-state index in [1.165, 1.54) is 11.6 Å². The Morgan fingerprint density at radius 3 is 2.48 bits per heavy atom. The summed E-state index contributed by atoms with van der Waals surface area (Å²) in [4.78, 5) is 0. The first-order valence-electron chi connectivity index (χ1n) is 7.23. The summed E-state index contributed by atoms with van der Waals surface area (Å²) >= 11 is 6.20. The summed E-state index contributed by atoms with van der Waals surface area (Å²) in [5.41, 5.74) is 2.79. The van der Waals surface area contributed by atoms with Gasteiger partial charge in [-0.2, -0.15) is 0 Å². The molecular formula is C18H21ClFN.